The van der Waals surface area contributed by atoms with Crippen molar-refractivity contribution in [3.63, 3.8) is 0 Å². The van der Waals surface area contributed by atoms with Gasteiger partial charge in [-0.3, -0.25) is 4.79 Å². The van der Waals surface area contributed by atoms with Gasteiger partial charge < -0.3 is 5.43 Å². The average Bonchev–Trinajstić information content (AvgIpc) is 2.06. The third-order valence-electron chi connectivity index (χ3n) is 1.56. The molecule has 0 aliphatic heterocycles. The quantitative estimate of drug-likeness (QED) is 0.524. The normalized spacial score (nSPS) is 9.50. The second-order valence-electron chi connectivity index (χ2n) is 2.51. The molecule has 1 aromatic carbocycles. The first-order valence-electron chi connectivity index (χ1n) is 3.78. The van der Waals surface area contributed by atoms with Gasteiger partial charge in [0.15, 0.2) is 5.78 Å². The molecule has 2 N–H and O–H groups in total. The molecule has 64 valence electrons. The van der Waals surface area contributed by atoms with Crippen molar-refractivity contribution >= 4 is 11.5 Å². The Balaban J connectivity index is 2.78. The average molecular weight is 164 g/mol. The summed E-state index contributed by atoms with van der Waals surface area (Å²) < 4.78 is 0. The van der Waals surface area contributed by atoms with Gasteiger partial charge in [0.1, 0.15) is 0 Å². The number of Topliss-reactive ketones (excluding diaryl/α,β-unsaturated/α-hetero) is 1. The topological polar surface area (TPSA) is 41.1 Å². The van der Waals surface area contributed by atoms with Crippen LogP contribution < -0.4 is 10.9 Å². The largest absolute Gasteiger partial charge is 0.322 e. The van der Waals surface area contributed by atoms with Crippen molar-refractivity contribution in [3.05, 3.63) is 29.8 Å². The summed E-state index contributed by atoms with van der Waals surface area (Å²) >= 11 is 0. The fraction of sp³-hybridized carbons (Fsp3) is 0.222. The lowest BCUT2D eigenvalue weighted by Gasteiger charge is -2.03. The summed E-state index contributed by atoms with van der Waals surface area (Å²) in [7, 11) is 1.79. The summed E-state index contributed by atoms with van der Waals surface area (Å²) in [4.78, 5) is 10.9. The maximum absolute atomic E-state index is 10.9. The van der Waals surface area contributed by atoms with Crippen LogP contribution in [0.3, 0.4) is 0 Å². The van der Waals surface area contributed by atoms with Gasteiger partial charge in [0, 0.05) is 18.3 Å². The molecule has 0 aliphatic carbocycles. The molecule has 0 atom stereocenters. The van der Waals surface area contributed by atoms with Gasteiger partial charge in [0.05, 0.1) is 0 Å². The van der Waals surface area contributed by atoms with Crippen LogP contribution in [0.25, 0.3) is 0 Å². The molecule has 0 spiro atoms. The van der Waals surface area contributed by atoms with E-state index in [9.17, 15) is 4.79 Å². The monoisotopic (exact) mass is 164 g/mol. The molecule has 1 rings (SSSR count). The molecule has 0 saturated carbocycles. The first-order valence-corrected chi connectivity index (χ1v) is 3.78. The van der Waals surface area contributed by atoms with E-state index < -0.39 is 0 Å². The van der Waals surface area contributed by atoms with Crippen molar-refractivity contribution in [3.8, 4) is 0 Å². The molecule has 0 amide bonds. The number of carbonyl (C=O) groups is 1. The van der Waals surface area contributed by atoms with E-state index in [1.807, 2.05) is 12.1 Å². The number of nitrogens with one attached hydrogen (secondary N) is 2. The zero-order valence-corrected chi connectivity index (χ0v) is 7.22. The van der Waals surface area contributed by atoms with Gasteiger partial charge in [0.2, 0.25) is 0 Å². The van der Waals surface area contributed by atoms with Gasteiger partial charge in [-0.25, -0.2) is 5.43 Å². The van der Waals surface area contributed by atoms with Crippen LogP contribution in [0.5, 0.6) is 0 Å². The van der Waals surface area contributed by atoms with E-state index in [1.54, 1.807) is 26.1 Å². The van der Waals surface area contributed by atoms with Crippen molar-refractivity contribution in [2.24, 2.45) is 0 Å². The Morgan fingerprint density at radius 1 is 1.25 bits per heavy atom. The summed E-state index contributed by atoms with van der Waals surface area (Å²) in [5, 5.41) is 0. The minimum Gasteiger partial charge on any atom is -0.322 e. The number of hydrazine groups is 1. The molecule has 0 saturated heterocycles. The smallest absolute Gasteiger partial charge is 0.159 e. The van der Waals surface area contributed by atoms with Crippen LogP contribution in [0.15, 0.2) is 24.3 Å². The van der Waals surface area contributed by atoms with Crippen molar-refractivity contribution in [1.82, 2.24) is 5.43 Å². The van der Waals surface area contributed by atoms with E-state index in [4.69, 9.17) is 0 Å². The van der Waals surface area contributed by atoms with Gasteiger partial charge in [0.25, 0.3) is 0 Å². The van der Waals surface area contributed by atoms with Gasteiger partial charge in [-0.2, -0.15) is 0 Å². The Labute approximate surface area is 71.8 Å². The Morgan fingerprint density at radius 3 is 2.25 bits per heavy atom. The number of rotatable bonds is 3. The summed E-state index contributed by atoms with van der Waals surface area (Å²) in [5.74, 6) is 0.0889. The zero-order valence-electron chi connectivity index (χ0n) is 7.22. The van der Waals surface area contributed by atoms with Gasteiger partial charge in [-0.15, -0.1) is 0 Å². The number of hydrogen-bond acceptors (Lipinski definition) is 3. The van der Waals surface area contributed by atoms with Crippen LogP contribution in [0, 0.1) is 0 Å². The molecular weight excluding hydrogens is 152 g/mol. The van der Waals surface area contributed by atoms with Crippen LogP contribution in [0.1, 0.15) is 17.3 Å². The van der Waals surface area contributed by atoms with Crippen molar-refractivity contribution in [2.45, 2.75) is 6.92 Å². The molecule has 0 fully saturated rings. The fourth-order valence-electron chi connectivity index (χ4n) is 0.933. The van der Waals surface area contributed by atoms with Crippen molar-refractivity contribution < 1.29 is 4.79 Å². The minimum atomic E-state index is 0.0889. The van der Waals surface area contributed by atoms with Crippen LogP contribution in [0.4, 0.5) is 5.69 Å². The van der Waals surface area contributed by atoms with Gasteiger partial charge in [-0.1, -0.05) is 0 Å². The van der Waals surface area contributed by atoms with Crippen LogP contribution in [-0.4, -0.2) is 12.8 Å². The summed E-state index contributed by atoms with van der Waals surface area (Å²) in [6, 6.07) is 7.30. The minimum absolute atomic E-state index is 0.0889. The molecule has 0 aromatic heterocycles. The lowest BCUT2D eigenvalue weighted by atomic mass is 10.1. The molecule has 12 heavy (non-hydrogen) atoms. The number of ketones is 1. The Kier molecular flexibility index (Phi) is 2.82. The number of carbonyl (C=O) groups excluding carboxylic acids is 1. The number of anilines is 1. The summed E-state index contributed by atoms with van der Waals surface area (Å²) in [6.45, 7) is 1.56. The highest BCUT2D eigenvalue weighted by Gasteiger charge is 1.96. The molecule has 3 heteroatoms. The molecule has 1 aromatic rings. The molecule has 0 radical (unpaired) electrons. The molecule has 0 unspecified atom stereocenters. The number of hydrogen-bond donors (Lipinski definition) is 2. The third-order valence-corrected chi connectivity index (χ3v) is 1.56. The maximum Gasteiger partial charge on any atom is 0.159 e. The van der Waals surface area contributed by atoms with Crippen molar-refractivity contribution in [2.75, 3.05) is 12.5 Å². The van der Waals surface area contributed by atoms with Crippen LogP contribution in [-0.2, 0) is 0 Å². The lowest BCUT2D eigenvalue weighted by molar-refractivity contribution is 0.101. The van der Waals surface area contributed by atoms with Gasteiger partial charge >= 0.3 is 0 Å². The van der Waals surface area contributed by atoms with Crippen molar-refractivity contribution in [1.29, 1.82) is 0 Å². The molecule has 0 bridgehead atoms. The van der Waals surface area contributed by atoms with Crippen LogP contribution in [0.2, 0.25) is 0 Å². The zero-order chi connectivity index (χ0) is 8.97. The highest BCUT2D eigenvalue weighted by Crippen LogP contribution is 2.08. The van der Waals surface area contributed by atoms with Gasteiger partial charge in [-0.05, 0) is 31.2 Å². The fourth-order valence-corrected chi connectivity index (χ4v) is 0.933. The summed E-state index contributed by atoms with van der Waals surface area (Å²) in [5.41, 5.74) is 7.39. The predicted octanol–water partition coefficient (Wildman–Crippen LogP) is 1.44. The SMILES string of the molecule is CNNc1ccc(C(C)=O)cc1. The second kappa shape index (κ2) is 3.88. The van der Waals surface area contributed by atoms with E-state index in [-0.39, 0.29) is 5.78 Å². The van der Waals surface area contributed by atoms with Crippen LogP contribution >= 0.6 is 0 Å². The predicted molar refractivity (Wildman–Crippen MR) is 49.1 cm³/mol. The maximum atomic E-state index is 10.9. The van der Waals surface area contributed by atoms with E-state index in [0.29, 0.717) is 0 Å². The first kappa shape index (κ1) is 8.74. The molecule has 0 aliphatic rings. The lowest BCUT2D eigenvalue weighted by Crippen LogP contribution is -2.14. The van der Waals surface area contributed by atoms with E-state index >= 15 is 0 Å². The Hall–Kier alpha value is -1.35. The van der Waals surface area contributed by atoms with E-state index in [0.717, 1.165) is 11.3 Å². The first-order chi connectivity index (χ1) is 5.74. The molecular formula is C9H12N2O. The molecule has 0 heterocycles. The Morgan fingerprint density at radius 2 is 1.83 bits per heavy atom. The standard InChI is InChI=1S/C9H12N2O/c1-7(12)8-3-5-9(6-4-8)11-10-2/h3-6,10-11H,1-2H3. The van der Waals surface area contributed by atoms with E-state index in [2.05, 4.69) is 10.9 Å². The van der Waals surface area contributed by atoms with E-state index in [1.165, 1.54) is 0 Å². The number of benzene rings is 1. The summed E-state index contributed by atoms with van der Waals surface area (Å²) in [6.07, 6.45) is 0. The highest BCUT2D eigenvalue weighted by atomic mass is 16.1. The third kappa shape index (κ3) is 2.07. The highest BCUT2D eigenvalue weighted by molar-refractivity contribution is 5.94. The second-order valence-corrected chi connectivity index (χ2v) is 2.51. The molecule has 3 nitrogen and oxygen atoms in total. The Bertz CT molecular complexity index is 266.